The Morgan fingerprint density at radius 3 is 2.90 bits per heavy atom. The molecule has 0 spiro atoms. The Morgan fingerprint density at radius 1 is 1.52 bits per heavy atom. The van der Waals surface area contributed by atoms with Crippen molar-refractivity contribution in [1.82, 2.24) is 15.1 Å². The third-order valence-corrected chi connectivity index (χ3v) is 4.30. The van der Waals surface area contributed by atoms with Gasteiger partial charge in [-0.15, -0.1) is 6.58 Å². The Bertz CT molecular complexity index is 325. The number of allylic oxidation sites excluding steroid dienone is 1. The van der Waals surface area contributed by atoms with Crippen molar-refractivity contribution in [3.05, 3.63) is 12.7 Å². The van der Waals surface area contributed by atoms with Gasteiger partial charge < -0.3 is 15.1 Å². The van der Waals surface area contributed by atoms with E-state index in [0.717, 1.165) is 37.8 Å². The minimum Gasteiger partial charge on any atom is -0.356 e. The van der Waals surface area contributed by atoms with Gasteiger partial charge in [-0.05, 0) is 52.0 Å². The number of hydrogen-bond donors (Lipinski definition) is 1. The summed E-state index contributed by atoms with van der Waals surface area (Å²) >= 11 is 0. The number of nitrogens with zero attached hydrogens (tertiary/aromatic N) is 3. The van der Waals surface area contributed by atoms with Gasteiger partial charge in [0.2, 0.25) is 0 Å². The fourth-order valence-corrected chi connectivity index (χ4v) is 2.93. The molecular formula is C17H34N4. The molecule has 1 atom stereocenters. The second-order valence-corrected chi connectivity index (χ2v) is 6.38. The molecule has 1 heterocycles. The van der Waals surface area contributed by atoms with Crippen LogP contribution in [-0.4, -0.2) is 62.1 Å². The van der Waals surface area contributed by atoms with E-state index in [1.54, 1.807) is 0 Å². The molecule has 1 saturated heterocycles. The minimum atomic E-state index is 0.661. The van der Waals surface area contributed by atoms with Crippen LogP contribution in [0.5, 0.6) is 0 Å². The first-order chi connectivity index (χ1) is 10.1. The van der Waals surface area contributed by atoms with Crippen molar-refractivity contribution in [3.8, 4) is 0 Å². The van der Waals surface area contributed by atoms with Gasteiger partial charge in [0.25, 0.3) is 0 Å². The summed E-state index contributed by atoms with van der Waals surface area (Å²) in [4.78, 5) is 9.20. The monoisotopic (exact) mass is 294 g/mol. The lowest BCUT2D eigenvalue weighted by Crippen LogP contribution is -2.46. The molecule has 0 aromatic heterocycles. The van der Waals surface area contributed by atoms with E-state index in [9.17, 15) is 0 Å². The molecule has 1 aliphatic rings. The highest BCUT2D eigenvalue weighted by Crippen LogP contribution is 2.17. The van der Waals surface area contributed by atoms with E-state index in [1.165, 1.54) is 25.9 Å². The topological polar surface area (TPSA) is 30.9 Å². The second-order valence-electron chi connectivity index (χ2n) is 6.38. The van der Waals surface area contributed by atoms with Gasteiger partial charge in [0.15, 0.2) is 5.96 Å². The van der Waals surface area contributed by atoms with Crippen LogP contribution in [0.15, 0.2) is 17.6 Å². The average Bonchev–Trinajstić information content (AvgIpc) is 2.48. The van der Waals surface area contributed by atoms with E-state index in [-0.39, 0.29) is 0 Å². The Balaban J connectivity index is 2.35. The maximum Gasteiger partial charge on any atom is 0.193 e. The number of aliphatic imine (C=N–C) groups is 1. The third-order valence-electron chi connectivity index (χ3n) is 4.30. The number of guanidine groups is 1. The lowest BCUT2D eigenvalue weighted by atomic mass is 9.97. The summed E-state index contributed by atoms with van der Waals surface area (Å²) in [6, 6.07) is 0.661. The molecule has 1 unspecified atom stereocenters. The van der Waals surface area contributed by atoms with Gasteiger partial charge in [0.05, 0.1) is 0 Å². The first-order valence-corrected chi connectivity index (χ1v) is 8.35. The standard InChI is InChI=1S/C17H34N4/c1-6-7-8-11-20(5)17(18-4)19-13-16-10-9-12-21(14-16)15(2)3/h6,15-16H,1,7-14H2,2-5H3,(H,18,19). The molecule has 0 bridgehead atoms. The van der Waals surface area contributed by atoms with Gasteiger partial charge in [-0.1, -0.05) is 6.08 Å². The van der Waals surface area contributed by atoms with Crippen molar-refractivity contribution in [3.63, 3.8) is 0 Å². The van der Waals surface area contributed by atoms with Crippen LogP contribution in [-0.2, 0) is 0 Å². The highest BCUT2D eigenvalue weighted by molar-refractivity contribution is 5.79. The average molecular weight is 294 g/mol. The Hall–Kier alpha value is -1.03. The summed E-state index contributed by atoms with van der Waals surface area (Å²) in [5.74, 6) is 1.75. The van der Waals surface area contributed by atoms with Gasteiger partial charge in [-0.3, -0.25) is 4.99 Å². The number of hydrogen-bond acceptors (Lipinski definition) is 2. The molecule has 0 aromatic rings. The molecular weight excluding hydrogens is 260 g/mol. The van der Waals surface area contributed by atoms with Gasteiger partial charge >= 0.3 is 0 Å². The van der Waals surface area contributed by atoms with Crippen LogP contribution < -0.4 is 5.32 Å². The summed E-state index contributed by atoms with van der Waals surface area (Å²) < 4.78 is 0. The highest BCUT2D eigenvalue weighted by atomic mass is 15.3. The third kappa shape index (κ3) is 6.51. The van der Waals surface area contributed by atoms with Crippen LogP contribution in [0.4, 0.5) is 0 Å². The lowest BCUT2D eigenvalue weighted by molar-refractivity contribution is 0.140. The molecule has 4 heteroatoms. The number of likely N-dealkylation sites (tertiary alicyclic amines) is 1. The molecule has 0 aromatic carbocycles. The van der Waals surface area contributed by atoms with Crippen LogP contribution in [0.2, 0.25) is 0 Å². The van der Waals surface area contributed by atoms with Crippen molar-refractivity contribution in [2.75, 3.05) is 40.3 Å². The van der Waals surface area contributed by atoms with Crippen molar-refractivity contribution < 1.29 is 0 Å². The minimum absolute atomic E-state index is 0.661. The van der Waals surface area contributed by atoms with Gasteiger partial charge in [-0.25, -0.2) is 0 Å². The van der Waals surface area contributed by atoms with Gasteiger partial charge in [0, 0.05) is 39.8 Å². The zero-order chi connectivity index (χ0) is 15.7. The van der Waals surface area contributed by atoms with Gasteiger partial charge in [0.1, 0.15) is 0 Å². The molecule has 21 heavy (non-hydrogen) atoms. The SMILES string of the molecule is C=CCCCN(C)C(=NC)NCC1CCCN(C(C)C)C1. The molecule has 1 N–H and O–H groups in total. The lowest BCUT2D eigenvalue weighted by Gasteiger charge is -2.36. The fourth-order valence-electron chi connectivity index (χ4n) is 2.93. The first kappa shape index (κ1) is 18.0. The van der Waals surface area contributed by atoms with Crippen LogP contribution in [0.25, 0.3) is 0 Å². The Labute approximate surface area is 131 Å². The second kappa shape index (κ2) is 9.82. The largest absolute Gasteiger partial charge is 0.356 e. The molecule has 1 aliphatic heterocycles. The zero-order valence-electron chi connectivity index (χ0n) is 14.4. The van der Waals surface area contributed by atoms with E-state index in [1.807, 2.05) is 13.1 Å². The Morgan fingerprint density at radius 2 is 2.29 bits per heavy atom. The van der Waals surface area contributed by atoms with E-state index < -0.39 is 0 Å². The molecule has 0 aliphatic carbocycles. The van der Waals surface area contributed by atoms with Crippen molar-refractivity contribution in [2.45, 2.75) is 45.6 Å². The molecule has 4 nitrogen and oxygen atoms in total. The summed E-state index contributed by atoms with van der Waals surface area (Å²) in [6.45, 7) is 12.9. The van der Waals surface area contributed by atoms with Crippen molar-refractivity contribution in [1.29, 1.82) is 0 Å². The smallest absolute Gasteiger partial charge is 0.193 e. The van der Waals surface area contributed by atoms with Crippen LogP contribution >= 0.6 is 0 Å². The van der Waals surface area contributed by atoms with Crippen LogP contribution in [0.3, 0.4) is 0 Å². The number of unbranched alkanes of at least 4 members (excludes halogenated alkanes) is 1. The molecule has 0 radical (unpaired) electrons. The quantitative estimate of drug-likeness (QED) is 0.339. The maximum atomic E-state index is 4.40. The Kier molecular flexibility index (Phi) is 8.43. The highest BCUT2D eigenvalue weighted by Gasteiger charge is 2.21. The van der Waals surface area contributed by atoms with E-state index in [0.29, 0.717) is 6.04 Å². The van der Waals surface area contributed by atoms with Crippen molar-refractivity contribution in [2.24, 2.45) is 10.9 Å². The molecule has 0 amide bonds. The van der Waals surface area contributed by atoms with E-state index in [4.69, 9.17) is 0 Å². The summed E-state index contributed by atoms with van der Waals surface area (Å²) in [7, 11) is 3.98. The number of nitrogens with one attached hydrogen (secondary N) is 1. The summed E-state index contributed by atoms with van der Waals surface area (Å²) in [6.07, 6.45) is 6.82. The van der Waals surface area contributed by atoms with Gasteiger partial charge in [-0.2, -0.15) is 0 Å². The number of piperidine rings is 1. The fraction of sp³-hybridized carbons (Fsp3) is 0.824. The normalized spacial score (nSPS) is 20.6. The maximum absolute atomic E-state index is 4.40. The summed E-state index contributed by atoms with van der Waals surface area (Å²) in [5.41, 5.74) is 0. The van der Waals surface area contributed by atoms with E-state index in [2.05, 4.69) is 47.6 Å². The van der Waals surface area contributed by atoms with E-state index >= 15 is 0 Å². The predicted octanol–water partition coefficient (Wildman–Crippen LogP) is 2.58. The predicted molar refractivity (Wildman–Crippen MR) is 92.9 cm³/mol. The zero-order valence-corrected chi connectivity index (χ0v) is 14.4. The van der Waals surface area contributed by atoms with Crippen LogP contribution in [0.1, 0.15) is 39.5 Å². The molecule has 122 valence electrons. The first-order valence-electron chi connectivity index (χ1n) is 8.35. The number of rotatable bonds is 7. The molecule has 1 rings (SSSR count). The molecule has 1 fully saturated rings. The van der Waals surface area contributed by atoms with Crippen LogP contribution in [0, 0.1) is 5.92 Å². The molecule has 0 saturated carbocycles. The summed E-state index contributed by atoms with van der Waals surface area (Å²) in [5, 5.41) is 3.55. The van der Waals surface area contributed by atoms with Crippen molar-refractivity contribution >= 4 is 5.96 Å².